The molecule has 0 aliphatic carbocycles. The van der Waals surface area contributed by atoms with Crippen LogP contribution in [0.25, 0.3) is 0 Å². The molecule has 0 aromatic carbocycles. The van der Waals surface area contributed by atoms with Crippen molar-refractivity contribution >= 4 is 21.9 Å². The van der Waals surface area contributed by atoms with E-state index in [-0.39, 0.29) is 17.9 Å². The molecule has 1 aliphatic heterocycles. The van der Waals surface area contributed by atoms with E-state index in [0.717, 1.165) is 12.0 Å². The van der Waals surface area contributed by atoms with E-state index in [1.807, 2.05) is 20.8 Å². The highest BCUT2D eigenvalue weighted by molar-refractivity contribution is 7.90. The molecule has 0 radical (unpaired) electrons. The summed E-state index contributed by atoms with van der Waals surface area (Å²) in [5.74, 6) is -2.22. The molecule has 0 unspecified atom stereocenters. The van der Waals surface area contributed by atoms with Gasteiger partial charge in [0, 0.05) is 6.54 Å². The molecule has 1 N–H and O–H groups in total. The number of likely N-dealkylation sites (tertiary alicyclic amines) is 1. The number of hydrogen-bond donors (Lipinski definition) is 1. The van der Waals surface area contributed by atoms with E-state index in [0.29, 0.717) is 12.8 Å². The number of alkyl halides is 3. The minimum Gasteiger partial charge on any atom is -0.467 e. The zero-order valence-corrected chi connectivity index (χ0v) is 17.8. The minimum atomic E-state index is -5.72. The summed E-state index contributed by atoms with van der Waals surface area (Å²) < 4.78 is 67.5. The van der Waals surface area contributed by atoms with Gasteiger partial charge in [-0.25, -0.2) is 13.2 Å². The number of sulfonamides is 1. The Morgan fingerprint density at radius 2 is 1.71 bits per heavy atom. The molecular formula is C17H29F3N2O5S. The third-order valence-electron chi connectivity index (χ3n) is 5.10. The molecule has 7 nitrogen and oxygen atoms in total. The third kappa shape index (κ3) is 5.59. The molecule has 164 valence electrons. The van der Waals surface area contributed by atoms with Gasteiger partial charge in [-0.05, 0) is 30.1 Å². The minimum absolute atomic E-state index is 0.0880. The Morgan fingerprint density at radius 3 is 2.11 bits per heavy atom. The number of halogens is 3. The number of nitrogens with one attached hydrogen (secondary N) is 1. The van der Waals surface area contributed by atoms with Gasteiger partial charge < -0.3 is 9.64 Å². The molecule has 0 aromatic heterocycles. The summed E-state index contributed by atoms with van der Waals surface area (Å²) in [5, 5.41) is 0. The van der Waals surface area contributed by atoms with Gasteiger partial charge in [-0.3, -0.25) is 4.79 Å². The average Bonchev–Trinajstić information content (AvgIpc) is 2.55. The molecule has 1 saturated heterocycles. The molecule has 1 aliphatic rings. The number of ether oxygens (including phenoxy) is 1. The van der Waals surface area contributed by atoms with Gasteiger partial charge in [0.15, 0.2) is 0 Å². The topological polar surface area (TPSA) is 92.8 Å². The van der Waals surface area contributed by atoms with Crippen molar-refractivity contribution in [2.24, 2.45) is 17.3 Å². The lowest BCUT2D eigenvalue weighted by atomic mass is 9.73. The Labute approximate surface area is 164 Å². The molecule has 0 spiro atoms. The van der Waals surface area contributed by atoms with Crippen LogP contribution in [-0.2, 0) is 24.3 Å². The monoisotopic (exact) mass is 430 g/mol. The fourth-order valence-electron chi connectivity index (χ4n) is 3.26. The van der Waals surface area contributed by atoms with Crippen molar-refractivity contribution in [3.63, 3.8) is 0 Å². The Kier molecular flexibility index (Phi) is 7.55. The standard InChI is InChI=1S/C17H29F3N2O5S/c1-10(2)13(21-28(25,26)17(18,19)20)14(23)22-8-7-11(16(3,4)5)9-12(22)15(24)27-6/h10-13,21H,7-9H2,1-6H3/t11-,12+,13-/m0/s1. The Balaban J connectivity index is 3.18. The zero-order chi connectivity index (χ0) is 22.1. The van der Waals surface area contributed by atoms with Gasteiger partial charge in [0.1, 0.15) is 12.1 Å². The highest BCUT2D eigenvalue weighted by Gasteiger charge is 2.50. The quantitative estimate of drug-likeness (QED) is 0.676. The van der Waals surface area contributed by atoms with Crippen LogP contribution in [0.2, 0.25) is 0 Å². The molecule has 0 bridgehead atoms. The summed E-state index contributed by atoms with van der Waals surface area (Å²) >= 11 is 0. The number of methoxy groups -OCH3 is 1. The largest absolute Gasteiger partial charge is 0.511 e. The van der Waals surface area contributed by atoms with Crippen molar-refractivity contribution < 1.29 is 35.9 Å². The second-order valence-electron chi connectivity index (χ2n) is 8.45. The molecule has 0 aromatic rings. The second kappa shape index (κ2) is 8.56. The van der Waals surface area contributed by atoms with Gasteiger partial charge in [-0.2, -0.15) is 17.9 Å². The predicted molar refractivity (Wildman–Crippen MR) is 96.4 cm³/mol. The maximum absolute atomic E-state index is 13.0. The normalized spacial score (nSPS) is 22.9. The zero-order valence-electron chi connectivity index (χ0n) is 17.0. The van der Waals surface area contributed by atoms with Gasteiger partial charge in [0.25, 0.3) is 0 Å². The SMILES string of the molecule is COC(=O)[C@H]1C[C@@H](C(C)(C)C)CCN1C(=O)[C@@H](NS(=O)(=O)C(F)(F)F)C(C)C. The van der Waals surface area contributed by atoms with Crippen LogP contribution in [0.1, 0.15) is 47.5 Å². The average molecular weight is 430 g/mol. The lowest BCUT2D eigenvalue weighted by molar-refractivity contribution is -0.158. The highest BCUT2D eigenvalue weighted by atomic mass is 32.2. The predicted octanol–water partition coefficient (Wildman–Crippen LogP) is 2.28. The van der Waals surface area contributed by atoms with Crippen molar-refractivity contribution in [3.05, 3.63) is 0 Å². The fourth-order valence-corrected chi connectivity index (χ4v) is 4.10. The van der Waals surface area contributed by atoms with Crippen molar-refractivity contribution in [2.45, 2.75) is 65.1 Å². The summed E-state index contributed by atoms with van der Waals surface area (Å²) in [6, 6.07) is -2.63. The van der Waals surface area contributed by atoms with Crippen LogP contribution < -0.4 is 4.72 Å². The van der Waals surface area contributed by atoms with Crippen molar-refractivity contribution in [1.82, 2.24) is 9.62 Å². The maximum Gasteiger partial charge on any atom is 0.511 e. The van der Waals surface area contributed by atoms with E-state index >= 15 is 0 Å². The number of amides is 1. The summed E-state index contributed by atoms with van der Waals surface area (Å²) in [7, 11) is -4.55. The van der Waals surface area contributed by atoms with E-state index in [2.05, 4.69) is 0 Å². The first-order valence-corrected chi connectivity index (χ1v) is 10.5. The van der Waals surface area contributed by atoms with Gasteiger partial charge in [0.05, 0.1) is 7.11 Å². The smallest absolute Gasteiger partial charge is 0.467 e. The van der Waals surface area contributed by atoms with Crippen molar-refractivity contribution in [1.29, 1.82) is 0 Å². The molecule has 1 fully saturated rings. The molecule has 28 heavy (non-hydrogen) atoms. The first kappa shape index (κ1) is 24.7. The fraction of sp³-hybridized carbons (Fsp3) is 0.882. The van der Waals surface area contributed by atoms with Crippen LogP contribution in [0.4, 0.5) is 13.2 Å². The van der Waals surface area contributed by atoms with Gasteiger partial charge in [-0.15, -0.1) is 0 Å². The van der Waals surface area contributed by atoms with Crippen molar-refractivity contribution in [3.8, 4) is 0 Å². The Morgan fingerprint density at radius 1 is 1.18 bits per heavy atom. The number of nitrogens with zero attached hydrogens (tertiary/aromatic N) is 1. The highest BCUT2D eigenvalue weighted by Crippen LogP contribution is 2.37. The Hall–Kier alpha value is -1.36. The first-order chi connectivity index (χ1) is 12.5. The summed E-state index contributed by atoms with van der Waals surface area (Å²) in [6.45, 7) is 8.97. The molecule has 1 heterocycles. The maximum atomic E-state index is 13.0. The third-order valence-corrected chi connectivity index (χ3v) is 6.28. The van der Waals surface area contributed by atoms with E-state index in [9.17, 15) is 31.2 Å². The van der Waals surface area contributed by atoms with Crippen LogP contribution in [0.5, 0.6) is 0 Å². The van der Waals surface area contributed by atoms with Crippen LogP contribution in [0.3, 0.4) is 0 Å². The molecule has 3 atom stereocenters. The summed E-state index contributed by atoms with van der Waals surface area (Å²) in [4.78, 5) is 26.3. The summed E-state index contributed by atoms with van der Waals surface area (Å²) in [5.41, 5.74) is -5.68. The molecule has 0 saturated carbocycles. The number of rotatable bonds is 5. The lowest BCUT2D eigenvalue weighted by Crippen LogP contribution is -2.59. The molecule has 1 rings (SSSR count). The van der Waals surface area contributed by atoms with Gasteiger partial charge >= 0.3 is 21.5 Å². The first-order valence-electron chi connectivity index (χ1n) is 8.99. The van der Waals surface area contributed by atoms with E-state index in [1.165, 1.54) is 18.6 Å². The number of carbonyl (C=O) groups excluding carboxylic acids is 2. The van der Waals surface area contributed by atoms with Crippen LogP contribution in [0.15, 0.2) is 0 Å². The van der Waals surface area contributed by atoms with E-state index in [4.69, 9.17) is 4.74 Å². The van der Waals surface area contributed by atoms with Crippen LogP contribution in [-0.4, -0.2) is 56.4 Å². The van der Waals surface area contributed by atoms with Crippen LogP contribution in [0, 0.1) is 17.3 Å². The number of piperidine rings is 1. The second-order valence-corrected chi connectivity index (χ2v) is 10.2. The molecule has 1 amide bonds. The van der Waals surface area contributed by atoms with Crippen LogP contribution >= 0.6 is 0 Å². The van der Waals surface area contributed by atoms with Gasteiger partial charge in [-0.1, -0.05) is 34.6 Å². The number of hydrogen-bond acceptors (Lipinski definition) is 5. The molecule has 11 heteroatoms. The van der Waals surface area contributed by atoms with E-state index < -0.39 is 45.4 Å². The van der Waals surface area contributed by atoms with Gasteiger partial charge in [0.2, 0.25) is 5.91 Å². The molecular weight excluding hydrogens is 401 g/mol. The number of carbonyl (C=O) groups is 2. The Bertz CT molecular complexity index is 686. The number of esters is 1. The lowest BCUT2D eigenvalue weighted by Gasteiger charge is -2.44. The summed E-state index contributed by atoms with van der Waals surface area (Å²) in [6.07, 6.45) is 0.832. The van der Waals surface area contributed by atoms with E-state index in [1.54, 1.807) is 0 Å². The van der Waals surface area contributed by atoms with Crippen molar-refractivity contribution in [2.75, 3.05) is 13.7 Å².